The summed E-state index contributed by atoms with van der Waals surface area (Å²) in [7, 11) is 1.52. The number of H-pyrrole nitrogens is 1. The molecular weight excluding hydrogens is 456 g/mol. The third-order valence-corrected chi connectivity index (χ3v) is 6.01. The van der Waals surface area contributed by atoms with Crippen molar-refractivity contribution >= 4 is 45.7 Å². The Morgan fingerprint density at radius 2 is 1.91 bits per heavy atom. The van der Waals surface area contributed by atoms with Crippen molar-refractivity contribution in [3.8, 4) is 11.5 Å². The van der Waals surface area contributed by atoms with Crippen LogP contribution in [0.3, 0.4) is 0 Å². The largest absolute Gasteiger partial charge is 0.457 e. The SMILES string of the molecule is COC[C@@]1(C)Nc2c(cnc3[nH]cc(C(=O)c4ccc(Oc5ccccc5)cc4Cl)c23)NC1=O. The van der Waals surface area contributed by atoms with Crippen LogP contribution in [0.4, 0.5) is 11.4 Å². The third kappa shape index (κ3) is 3.76. The standard InChI is InChI=1S/C25H21ClN4O4/c1-25(13-33-2)24(32)29-19-12-28-23-20(21(19)30-25)17(11-27-23)22(31)16-9-8-15(10-18(16)26)34-14-6-4-3-5-7-14/h3-12,30H,13H2,1-2H3,(H,27,28)(H,29,32)/t25-/m1/s1. The van der Waals surface area contributed by atoms with Crippen molar-refractivity contribution in [3.63, 3.8) is 0 Å². The van der Waals surface area contributed by atoms with Gasteiger partial charge < -0.3 is 25.1 Å². The summed E-state index contributed by atoms with van der Waals surface area (Å²) in [5.41, 5.74) is 1.26. The number of nitrogens with one attached hydrogen (secondary N) is 3. The number of hydrogen-bond acceptors (Lipinski definition) is 6. The highest BCUT2D eigenvalue weighted by molar-refractivity contribution is 6.36. The van der Waals surface area contributed by atoms with Crippen molar-refractivity contribution in [2.45, 2.75) is 12.5 Å². The Kier molecular flexibility index (Phi) is 5.47. The molecule has 5 rings (SSSR count). The van der Waals surface area contributed by atoms with Crippen LogP contribution in [0.25, 0.3) is 11.0 Å². The Bertz CT molecular complexity index is 1420. The van der Waals surface area contributed by atoms with Crippen molar-refractivity contribution in [3.05, 3.63) is 77.1 Å². The fourth-order valence-electron chi connectivity index (χ4n) is 4.00. The maximum atomic E-state index is 13.5. The van der Waals surface area contributed by atoms with Crippen molar-refractivity contribution in [1.82, 2.24) is 9.97 Å². The van der Waals surface area contributed by atoms with E-state index in [0.717, 1.165) is 0 Å². The number of carbonyl (C=O) groups excluding carboxylic acids is 2. The van der Waals surface area contributed by atoms with Crippen molar-refractivity contribution < 1.29 is 19.1 Å². The van der Waals surface area contributed by atoms with E-state index in [1.54, 1.807) is 37.5 Å². The van der Waals surface area contributed by atoms with Gasteiger partial charge in [-0.15, -0.1) is 0 Å². The lowest BCUT2D eigenvalue weighted by Crippen LogP contribution is -2.53. The molecule has 0 unspecified atom stereocenters. The molecule has 0 fully saturated rings. The van der Waals surface area contributed by atoms with Crippen LogP contribution in [-0.4, -0.2) is 40.9 Å². The molecule has 3 N–H and O–H groups in total. The summed E-state index contributed by atoms with van der Waals surface area (Å²) < 4.78 is 11.0. The first-order valence-corrected chi connectivity index (χ1v) is 10.9. The number of ketones is 1. The van der Waals surface area contributed by atoms with Crippen molar-refractivity contribution in [1.29, 1.82) is 0 Å². The average Bonchev–Trinajstić information content (AvgIpc) is 3.25. The van der Waals surface area contributed by atoms with Gasteiger partial charge >= 0.3 is 0 Å². The van der Waals surface area contributed by atoms with Gasteiger partial charge in [0.1, 0.15) is 22.7 Å². The molecule has 1 amide bonds. The molecule has 1 aliphatic rings. The summed E-state index contributed by atoms with van der Waals surface area (Å²) in [6.45, 7) is 1.88. The molecule has 1 aliphatic heterocycles. The molecule has 3 heterocycles. The van der Waals surface area contributed by atoms with Crippen LogP contribution in [0.5, 0.6) is 11.5 Å². The highest BCUT2D eigenvalue weighted by Gasteiger charge is 2.39. The molecule has 9 heteroatoms. The van der Waals surface area contributed by atoms with E-state index >= 15 is 0 Å². The average molecular weight is 477 g/mol. The Morgan fingerprint density at radius 3 is 2.65 bits per heavy atom. The quantitative estimate of drug-likeness (QED) is 0.338. The molecule has 2 aromatic heterocycles. The molecule has 1 atom stereocenters. The maximum absolute atomic E-state index is 13.5. The Morgan fingerprint density at radius 1 is 1.12 bits per heavy atom. The molecule has 0 radical (unpaired) electrons. The van der Waals surface area contributed by atoms with Crippen LogP contribution in [0.2, 0.25) is 5.02 Å². The third-order valence-electron chi connectivity index (χ3n) is 5.69. The van der Waals surface area contributed by atoms with Crippen LogP contribution in [0.15, 0.2) is 60.9 Å². The summed E-state index contributed by atoms with van der Waals surface area (Å²) in [6, 6.07) is 14.2. The molecule has 0 saturated carbocycles. The van der Waals surface area contributed by atoms with Gasteiger partial charge in [0, 0.05) is 24.9 Å². The van der Waals surface area contributed by atoms with E-state index in [-0.39, 0.29) is 23.3 Å². The van der Waals surface area contributed by atoms with Gasteiger partial charge in [-0.05, 0) is 31.2 Å². The zero-order valence-electron chi connectivity index (χ0n) is 18.4. The van der Waals surface area contributed by atoms with Crippen LogP contribution in [0.1, 0.15) is 22.8 Å². The minimum absolute atomic E-state index is 0.143. The van der Waals surface area contributed by atoms with Gasteiger partial charge in [-0.1, -0.05) is 29.8 Å². The van der Waals surface area contributed by atoms with Crippen LogP contribution >= 0.6 is 11.6 Å². The number of methoxy groups -OCH3 is 1. The number of amides is 1. The normalized spacial score (nSPS) is 17.1. The monoisotopic (exact) mass is 476 g/mol. The molecule has 0 saturated heterocycles. The van der Waals surface area contributed by atoms with Gasteiger partial charge in [0.05, 0.1) is 40.2 Å². The number of aromatic nitrogens is 2. The van der Waals surface area contributed by atoms with Gasteiger partial charge in [0.25, 0.3) is 5.91 Å². The van der Waals surface area contributed by atoms with Crippen LogP contribution in [-0.2, 0) is 9.53 Å². The fourth-order valence-corrected chi connectivity index (χ4v) is 4.25. The number of halogens is 1. The van der Waals surface area contributed by atoms with Gasteiger partial charge in [-0.3, -0.25) is 9.59 Å². The molecule has 0 aliphatic carbocycles. The first-order chi connectivity index (χ1) is 16.4. The number of nitrogens with zero attached hydrogens (tertiary/aromatic N) is 1. The van der Waals surface area contributed by atoms with E-state index in [1.165, 1.54) is 7.11 Å². The molecule has 0 bridgehead atoms. The summed E-state index contributed by atoms with van der Waals surface area (Å²) in [6.07, 6.45) is 3.14. The number of rotatable bonds is 6. The number of hydrogen-bond donors (Lipinski definition) is 3. The topological polar surface area (TPSA) is 105 Å². The van der Waals surface area contributed by atoms with E-state index < -0.39 is 5.54 Å². The smallest absolute Gasteiger partial charge is 0.252 e. The van der Waals surface area contributed by atoms with Gasteiger partial charge in [0.15, 0.2) is 5.78 Å². The minimum Gasteiger partial charge on any atom is -0.457 e. The zero-order valence-corrected chi connectivity index (χ0v) is 19.2. The van der Waals surface area contributed by atoms with E-state index in [2.05, 4.69) is 20.6 Å². The minimum atomic E-state index is -1.01. The van der Waals surface area contributed by atoms with Crippen LogP contribution < -0.4 is 15.4 Å². The lowest BCUT2D eigenvalue weighted by molar-refractivity contribution is -0.121. The number of para-hydroxylation sites is 1. The zero-order chi connectivity index (χ0) is 23.9. The number of aromatic amines is 1. The molecule has 8 nitrogen and oxygen atoms in total. The van der Waals surface area contributed by atoms with E-state index in [0.29, 0.717) is 45.0 Å². The first kappa shape index (κ1) is 21.9. The molecule has 0 spiro atoms. The number of anilines is 2. The summed E-state index contributed by atoms with van der Waals surface area (Å²) in [4.78, 5) is 33.5. The Balaban J connectivity index is 1.52. The molecule has 172 valence electrons. The first-order valence-electron chi connectivity index (χ1n) is 10.6. The number of ether oxygens (including phenoxy) is 2. The number of pyridine rings is 1. The van der Waals surface area contributed by atoms with E-state index in [1.807, 2.05) is 30.3 Å². The Labute approximate surface area is 200 Å². The van der Waals surface area contributed by atoms with Gasteiger partial charge in [-0.25, -0.2) is 4.98 Å². The highest BCUT2D eigenvalue weighted by atomic mass is 35.5. The van der Waals surface area contributed by atoms with Gasteiger partial charge in [-0.2, -0.15) is 0 Å². The molecule has 2 aromatic carbocycles. The highest BCUT2D eigenvalue weighted by Crippen LogP contribution is 2.39. The van der Waals surface area contributed by atoms with Crippen molar-refractivity contribution in [2.75, 3.05) is 24.4 Å². The lowest BCUT2D eigenvalue weighted by atomic mass is 9.96. The molecule has 4 aromatic rings. The number of carbonyl (C=O) groups is 2. The summed E-state index contributed by atoms with van der Waals surface area (Å²) >= 11 is 6.49. The molecular formula is C25H21ClN4O4. The maximum Gasteiger partial charge on any atom is 0.252 e. The van der Waals surface area contributed by atoms with E-state index in [9.17, 15) is 9.59 Å². The summed E-state index contributed by atoms with van der Waals surface area (Å²) in [5, 5.41) is 6.92. The Hall–Kier alpha value is -3.88. The number of benzene rings is 2. The number of fused-ring (bicyclic) bond motifs is 3. The van der Waals surface area contributed by atoms with Crippen LogP contribution in [0, 0.1) is 0 Å². The van der Waals surface area contributed by atoms with E-state index in [4.69, 9.17) is 21.1 Å². The second-order valence-corrected chi connectivity index (χ2v) is 8.61. The second-order valence-electron chi connectivity index (χ2n) is 8.20. The predicted octanol–water partition coefficient (Wildman–Crippen LogP) is 5.01. The summed E-state index contributed by atoms with van der Waals surface area (Å²) in [5.74, 6) is 0.651. The fraction of sp³-hybridized carbons (Fsp3) is 0.160. The van der Waals surface area contributed by atoms with Crippen molar-refractivity contribution in [2.24, 2.45) is 0 Å². The lowest BCUT2D eigenvalue weighted by Gasteiger charge is -2.35. The molecule has 34 heavy (non-hydrogen) atoms. The predicted molar refractivity (Wildman–Crippen MR) is 130 cm³/mol. The van der Waals surface area contributed by atoms with Gasteiger partial charge in [0.2, 0.25) is 0 Å². The second kappa shape index (κ2) is 8.48.